The van der Waals surface area contributed by atoms with Gasteiger partial charge in [-0.2, -0.15) is 0 Å². The molecule has 1 aliphatic carbocycles. The van der Waals surface area contributed by atoms with E-state index < -0.39 is 8.25 Å². The van der Waals surface area contributed by atoms with Crippen molar-refractivity contribution in [1.29, 1.82) is 0 Å². The summed E-state index contributed by atoms with van der Waals surface area (Å²) in [6.07, 6.45) is 6.68. The zero-order valence-electron chi connectivity index (χ0n) is 9.02. The van der Waals surface area contributed by atoms with Crippen LogP contribution in [-0.2, 0) is 8.25 Å². The maximum atomic E-state index is 10.9. The topological polar surface area (TPSA) is 26.3 Å². The van der Waals surface area contributed by atoms with E-state index in [1.807, 2.05) is 12.1 Å². The average Bonchev–Trinajstić information content (AvgIpc) is 2.30. The predicted molar refractivity (Wildman–Crippen MR) is 75.1 cm³/mol. The van der Waals surface area contributed by atoms with Crippen LogP contribution in [0.3, 0.4) is 0 Å². The van der Waals surface area contributed by atoms with Crippen molar-refractivity contribution >= 4 is 29.5 Å². The second-order valence-corrected chi connectivity index (χ2v) is 6.89. The van der Waals surface area contributed by atoms with Crippen LogP contribution in [0.2, 0.25) is 0 Å². The average molecular weight is 350 g/mol. The zero-order valence-corrected chi connectivity index (χ0v) is 12.0. The molecule has 1 saturated carbocycles. The summed E-state index contributed by atoms with van der Waals surface area (Å²) in [6.45, 7) is 0. The summed E-state index contributed by atoms with van der Waals surface area (Å²) in [6, 6.07) is 8.05. The molecule has 2 rings (SSSR count). The van der Waals surface area contributed by atoms with Crippen LogP contribution in [0, 0.1) is 0 Å². The molecule has 4 heteroatoms. The lowest BCUT2D eigenvalue weighted by Gasteiger charge is -2.21. The molecule has 0 aromatic heterocycles. The lowest BCUT2D eigenvalue weighted by Crippen LogP contribution is -2.04. The summed E-state index contributed by atoms with van der Waals surface area (Å²) >= 11 is 1.75. The Bertz CT molecular complexity index is 358. The van der Waals surface area contributed by atoms with Gasteiger partial charge in [0, 0.05) is 0 Å². The van der Waals surface area contributed by atoms with E-state index in [0.717, 1.165) is 0 Å². The normalized spacial score (nSPS) is 19.3. The molecule has 1 unspecified atom stereocenters. The molecule has 0 spiro atoms. The highest BCUT2D eigenvalue weighted by Crippen LogP contribution is 2.33. The van der Waals surface area contributed by atoms with Gasteiger partial charge in [0.1, 0.15) is 5.75 Å². The third kappa shape index (κ3) is 3.45. The second kappa shape index (κ2) is 6.00. The fraction of sp³-hybridized carbons (Fsp3) is 0.500. The quantitative estimate of drug-likeness (QED) is 0.605. The maximum absolute atomic E-state index is 10.9. The van der Waals surface area contributed by atoms with Crippen LogP contribution in [-0.4, -0.2) is 4.21 Å². The summed E-state index contributed by atoms with van der Waals surface area (Å²) in [5.41, 5.74) is 1.39. The minimum atomic E-state index is -1.26. The Labute approximate surface area is 111 Å². The molecule has 0 radical (unpaired) electrons. The molecule has 0 N–H and O–H groups in total. The Balaban J connectivity index is 2.03. The number of halogens is 1. The Hall–Kier alpha value is -0.100. The van der Waals surface area contributed by atoms with E-state index in [-0.39, 0.29) is 0 Å². The number of rotatable bonds is 3. The summed E-state index contributed by atoms with van der Waals surface area (Å²) in [5.74, 6) is 1.40. The fourth-order valence-electron chi connectivity index (χ4n) is 2.31. The molecule has 0 bridgehead atoms. The fourth-order valence-corrected chi connectivity index (χ4v) is 3.19. The van der Waals surface area contributed by atoms with E-state index in [1.165, 1.54) is 37.7 Å². The van der Waals surface area contributed by atoms with Crippen molar-refractivity contribution in [1.82, 2.24) is 0 Å². The standard InChI is InChI=1S/C12H15IO2S/c13-16(14)15-12-8-6-11(7-9-12)10-4-2-1-3-5-10/h6-10H,1-5H2. The first-order valence-electron chi connectivity index (χ1n) is 5.62. The van der Waals surface area contributed by atoms with E-state index in [4.69, 9.17) is 4.18 Å². The predicted octanol–water partition coefficient (Wildman–Crippen LogP) is 4.13. The molecule has 88 valence electrons. The molecule has 0 heterocycles. The van der Waals surface area contributed by atoms with Crippen molar-refractivity contribution < 1.29 is 8.39 Å². The van der Waals surface area contributed by atoms with Crippen molar-refractivity contribution in [3.63, 3.8) is 0 Å². The van der Waals surface area contributed by atoms with Gasteiger partial charge in [-0.05, 0) is 36.5 Å². The van der Waals surface area contributed by atoms with Gasteiger partial charge in [-0.15, -0.1) is 0 Å². The SMILES string of the molecule is O=S(I)Oc1ccc(C2CCCCC2)cc1. The number of hydrogen-bond donors (Lipinski definition) is 0. The monoisotopic (exact) mass is 350 g/mol. The summed E-state index contributed by atoms with van der Waals surface area (Å²) in [4.78, 5) is 0. The maximum Gasteiger partial charge on any atom is 0.270 e. The van der Waals surface area contributed by atoms with Crippen molar-refractivity contribution in [3.05, 3.63) is 29.8 Å². The molecule has 0 amide bonds. The van der Waals surface area contributed by atoms with E-state index >= 15 is 0 Å². The lowest BCUT2D eigenvalue weighted by atomic mass is 9.84. The number of hydrogen-bond acceptors (Lipinski definition) is 2. The molecule has 2 nitrogen and oxygen atoms in total. The smallest absolute Gasteiger partial charge is 0.270 e. The Morgan fingerprint density at radius 1 is 1.12 bits per heavy atom. The lowest BCUT2D eigenvalue weighted by molar-refractivity contribution is 0.443. The molecule has 0 saturated heterocycles. The Morgan fingerprint density at radius 3 is 2.31 bits per heavy atom. The van der Waals surface area contributed by atoms with E-state index in [0.29, 0.717) is 11.7 Å². The first-order valence-corrected chi connectivity index (χ1v) is 9.24. The molecule has 16 heavy (non-hydrogen) atoms. The van der Waals surface area contributed by atoms with E-state index in [2.05, 4.69) is 12.1 Å². The van der Waals surface area contributed by atoms with E-state index in [1.54, 1.807) is 21.2 Å². The van der Waals surface area contributed by atoms with Crippen LogP contribution in [0.15, 0.2) is 24.3 Å². The molecule has 1 aromatic carbocycles. The first kappa shape index (κ1) is 12.4. The minimum absolute atomic E-state index is 0.687. The highest BCUT2D eigenvalue weighted by atomic mass is 127. The van der Waals surface area contributed by atoms with Crippen LogP contribution in [0.4, 0.5) is 0 Å². The minimum Gasteiger partial charge on any atom is -0.393 e. The summed E-state index contributed by atoms with van der Waals surface area (Å²) in [5, 5.41) is 0. The van der Waals surface area contributed by atoms with Crippen LogP contribution < -0.4 is 4.18 Å². The van der Waals surface area contributed by atoms with Gasteiger partial charge in [-0.25, -0.2) is 4.21 Å². The molecular weight excluding hydrogens is 335 g/mol. The van der Waals surface area contributed by atoms with Crippen LogP contribution >= 0.6 is 21.2 Å². The summed E-state index contributed by atoms with van der Waals surface area (Å²) in [7, 11) is -1.26. The van der Waals surface area contributed by atoms with Gasteiger partial charge in [-0.3, -0.25) is 0 Å². The molecule has 0 aliphatic heterocycles. The zero-order chi connectivity index (χ0) is 11.4. The Morgan fingerprint density at radius 2 is 1.75 bits per heavy atom. The van der Waals surface area contributed by atoms with Gasteiger partial charge < -0.3 is 4.18 Å². The highest BCUT2D eigenvalue weighted by molar-refractivity contribution is 14.2. The van der Waals surface area contributed by atoms with Gasteiger partial charge in [0.05, 0.1) is 21.2 Å². The first-order chi connectivity index (χ1) is 7.75. The van der Waals surface area contributed by atoms with Crippen molar-refractivity contribution in [3.8, 4) is 5.75 Å². The van der Waals surface area contributed by atoms with Gasteiger partial charge in [0.15, 0.2) is 0 Å². The van der Waals surface area contributed by atoms with E-state index in [9.17, 15) is 4.21 Å². The third-order valence-corrected chi connectivity index (χ3v) is 3.98. The Kier molecular flexibility index (Phi) is 4.64. The van der Waals surface area contributed by atoms with Crippen molar-refractivity contribution in [2.45, 2.75) is 38.0 Å². The van der Waals surface area contributed by atoms with Crippen LogP contribution in [0.1, 0.15) is 43.6 Å². The summed E-state index contributed by atoms with van der Waals surface area (Å²) < 4.78 is 16.0. The van der Waals surface area contributed by atoms with Gasteiger partial charge in [0.25, 0.3) is 8.25 Å². The van der Waals surface area contributed by atoms with Gasteiger partial charge in [0.2, 0.25) is 0 Å². The van der Waals surface area contributed by atoms with Gasteiger partial charge in [-0.1, -0.05) is 31.4 Å². The third-order valence-electron chi connectivity index (χ3n) is 3.12. The highest BCUT2D eigenvalue weighted by Gasteiger charge is 2.15. The van der Waals surface area contributed by atoms with Gasteiger partial charge >= 0.3 is 0 Å². The molecule has 1 fully saturated rings. The van der Waals surface area contributed by atoms with Crippen molar-refractivity contribution in [2.75, 3.05) is 0 Å². The largest absolute Gasteiger partial charge is 0.393 e. The van der Waals surface area contributed by atoms with Crippen LogP contribution in [0.5, 0.6) is 5.75 Å². The molecular formula is C12H15IO2S. The van der Waals surface area contributed by atoms with Crippen molar-refractivity contribution in [2.24, 2.45) is 0 Å². The second-order valence-electron chi connectivity index (χ2n) is 4.18. The molecule has 1 atom stereocenters. The molecule has 1 aromatic rings. The number of benzene rings is 1. The van der Waals surface area contributed by atoms with Crippen LogP contribution in [0.25, 0.3) is 0 Å². The molecule has 1 aliphatic rings.